The topological polar surface area (TPSA) is 124 Å². The molecule has 0 aliphatic rings. The minimum absolute atomic E-state index is 0.0799. The summed E-state index contributed by atoms with van der Waals surface area (Å²) in [6.07, 6.45) is -0.0799. The van der Waals surface area contributed by atoms with E-state index in [1.807, 2.05) is 0 Å². The Bertz CT molecular complexity index is 365. The molecule has 1 rings (SSSR count). The first-order chi connectivity index (χ1) is 8.13. The molecule has 9 nitrogen and oxygen atoms in total. The largest absolute Gasteiger partial charge is 0.481 e. The van der Waals surface area contributed by atoms with E-state index < -0.39 is 5.97 Å². The van der Waals surface area contributed by atoms with Gasteiger partial charge in [-0.25, -0.2) is 4.79 Å². The maximum atomic E-state index is 11.6. The summed E-state index contributed by atoms with van der Waals surface area (Å²) in [4.78, 5) is 23.4. The number of urea groups is 1. The average Bonchev–Trinajstić information content (AvgIpc) is 2.79. The van der Waals surface area contributed by atoms with Crippen LogP contribution in [-0.4, -0.2) is 55.7 Å². The number of carbonyl (C=O) groups is 2. The molecular weight excluding hydrogens is 228 g/mol. The number of hydrogen-bond donors (Lipinski definition) is 3. The number of tetrazole rings is 1. The van der Waals surface area contributed by atoms with Crippen molar-refractivity contribution in [2.75, 3.05) is 13.1 Å². The number of hydrogen-bond acceptors (Lipinski definition) is 5. The summed E-state index contributed by atoms with van der Waals surface area (Å²) >= 11 is 0. The number of rotatable bonds is 6. The van der Waals surface area contributed by atoms with Crippen LogP contribution in [0.15, 0.2) is 0 Å². The van der Waals surface area contributed by atoms with E-state index in [1.54, 1.807) is 6.92 Å². The molecule has 0 bridgehead atoms. The molecule has 1 heterocycles. The average molecular weight is 242 g/mol. The third-order valence-electron chi connectivity index (χ3n) is 2.05. The van der Waals surface area contributed by atoms with E-state index in [9.17, 15) is 9.59 Å². The molecule has 0 atom stereocenters. The van der Waals surface area contributed by atoms with Gasteiger partial charge in [-0.15, -0.1) is 10.2 Å². The Kier molecular flexibility index (Phi) is 4.85. The molecule has 1 aromatic rings. The highest BCUT2D eigenvalue weighted by molar-refractivity contribution is 5.75. The zero-order chi connectivity index (χ0) is 12.7. The number of nitrogens with zero attached hydrogens (tertiary/aromatic N) is 4. The van der Waals surface area contributed by atoms with Gasteiger partial charge in [0.1, 0.15) is 0 Å². The van der Waals surface area contributed by atoms with Crippen LogP contribution in [0.5, 0.6) is 0 Å². The summed E-state index contributed by atoms with van der Waals surface area (Å²) < 4.78 is 0. The van der Waals surface area contributed by atoms with Gasteiger partial charge in [0.25, 0.3) is 0 Å². The van der Waals surface area contributed by atoms with Crippen LogP contribution in [0.3, 0.4) is 0 Å². The van der Waals surface area contributed by atoms with Crippen molar-refractivity contribution in [3.8, 4) is 0 Å². The molecule has 3 N–H and O–H groups in total. The van der Waals surface area contributed by atoms with E-state index in [-0.39, 0.29) is 25.5 Å². The SMILES string of the molecule is CCN(CCC(=O)O)C(=O)NCc1nn[nH]n1. The van der Waals surface area contributed by atoms with Crippen LogP contribution < -0.4 is 5.32 Å². The van der Waals surface area contributed by atoms with Crippen LogP contribution in [0, 0.1) is 0 Å². The maximum Gasteiger partial charge on any atom is 0.317 e. The van der Waals surface area contributed by atoms with Gasteiger partial charge in [-0.1, -0.05) is 5.21 Å². The number of carboxylic acids is 1. The van der Waals surface area contributed by atoms with Gasteiger partial charge in [-0.2, -0.15) is 5.21 Å². The molecule has 0 fully saturated rings. The zero-order valence-electron chi connectivity index (χ0n) is 9.38. The number of aromatic nitrogens is 4. The second kappa shape index (κ2) is 6.40. The first kappa shape index (κ1) is 12.9. The predicted molar refractivity (Wildman–Crippen MR) is 55.9 cm³/mol. The van der Waals surface area contributed by atoms with Crippen molar-refractivity contribution in [3.63, 3.8) is 0 Å². The summed E-state index contributed by atoms with van der Waals surface area (Å²) in [7, 11) is 0. The van der Waals surface area contributed by atoms with E-state index in [0.29, 0.717) is 12.4 Å². The van der Waals surface area contributed by atoms with Gasteiger partial charge >= 0.3 is 12.0 Å². The smallest absolute Gasteiger partial charge is 0.317 e. The molecule has 2 amide bonds. The summed E-state index contributed by atoms with van der Waals surface area (Å²) in [6, 6.07) is -0.349. The van der Waals surface area contributed by atoms with Crippen molar-refractivity contribution < 1.29 is 14.7 Å². The monoisotopic (exact) mass is 242 g/mol. The lowest BCUT2D eigenvalue weighted by molar-refractivity contribution is -0.137. The van der Waals surface area contributed by atoms with Gasteiger partial charge in [0.2, 0.25) is 0 Å². The Labute approximate surface area is 97.2 Å². The first-order valence-electron chi connectivity index (χ1n) is 5.10. The standard InChI is InChI=1S/C8H14N6O3/c1-2-14(4-3-7(15)16)8(17)9-5-6-10-12-13-11-6/h2-5H2,1H3,(H,9,17)(H,15,16)(H,10,11,12,13). The highest BCUT2D eigenvalue weighted by Gasteiger charge is 2.13. The summed E-state index contributed by atoms with van der Waals surface area (Å²) in [5, 5.41) is 24.1. The fraction of sp³-hybridized carbons (Fsp3) is 0.625. The number of nitrogens with one attached hydrogen (secondary N) is 2. The highest BCUT2D eigenvalue weighted by Crippen LogP contribution is 1.94. The van der Waals surface area contributed by atoms with E-state index in [2.05, 4.69) is 25.9 Å². The molecule has 0 aromatic carbocycles. The van der Waals surface area contributed by atoms with Crippen LogP contribution in [0.4, 0.5) is 4.79 Å². The predicted octanol–water partition coefficient (Wildman–Crippen LogP) is -0.794. The third kappa shape index (κ3) is 4.45. The Balaban J connectivity index is 2.35. The molecule has 17 heavy (non-hydrogen) atoms. The van der Waals surface area contributed by atoms with Gasteiger partial charge in [0.15, 0.2) is 5.82 Å². The molecule has 0 spiro atoms. The quantitative estimate of drug-likeness (QED) is 0.600. The second-order valence-corrected chi connectivity index (χ2v) is 3.21. The van der Waals surface area contributed by atoms with E-state index in [1.165, 1.54) is 4.90 Å². The van der Waals surface area contributed by atoms with Crippen molar-refractivity contribution in [3.05, 3.63) is 5.82 Å². The number of aromatic amines is 1. The molecule has 1 aromatic heterocycles. The fourth-order valence-electron chi connectivity index (χ4n) is 1.16. The molecule has 0 saturated carbocycles. The van der Waals surface area contributed by atoms with Gasteiger partial charge in [0, 0.05) is 13.1 Å². The van der Waals surface area contributed by atoms with Crippen LogP contribution in [0.2, 0.25) is 0 Å². The van der Waals surface area contributed by atoms with Crippen LogP contribution in [0.1, 0.15) is 19.2 Å². The Morgan fingerprint density at radius 3 is 2.82 bits per heavy atom. The first-order valence-corrected chi connectivity index (χ1v) is 5.10. The number of amides is 2. The minimum atomic E-state index is -0.936. The number of carboxylic acid groups (broad SMARTS) is 1. The molecule has 0 radical (unpaired) electrons. The van der Waals surface area contributed by atoms with Crippen molar-refractivity contribution >= 4 is 12.0 Å². The molecule has 0 aliphatic carbocycles. The molecule has 0 aliphatic heterocycles. The van der Waals surface area contributed by atoms with Crippen molar-refractivity contribution in [1.82, 2.24) is 30.8 Å². The minimum Gasteiger partial charge on any atom is -0.481 e. The van der Waals surface area contributed by atoms with Crippen molar-refractivity contribution in [2.45, 2.75) is 19.9 Å². The Morgan fingerprint density at radius 2 is 2.29 bits per heavy atom. The van der Waals surface area contributed by atoms with E-state index in [4.69, 9.17) is 5.11 Å². The van der Waals surface area contributed by atoms with Gasteiger partial charge in [-0.05, 0) is 6.92 Å². The lowest BCUT2D eigenvalue weighted by Gasteiger charge is -2.19. The molecule has 0 saturated heterocycles. The molecule has 9 heteroatoms. The van der Waals surface area contributed by atoms with Crippen molar-refractivity contribution in [1.29, 1.82) is 0 Å². The lowest BCUT2D eigenvalue weighted by atomic mass is 10.4. The fourth-order valence-corrected chi connectivity index (χ4v) is 1.16. The Morgan fingerprint density at radius 1 is 1.53 bits per heavy atom. The molecule has 0 unspecified atom stereocenters. The lowest BCUT2D eigenvalue weighted by Crippen LogP contribution is -2.40. The third-order valence-corrected chi connectivity index (χ3v) is 2.05. The number of H-pyrrole nitrogens is 1. The summed E-state index contributed by atoms with van der Waals surface area (Å²) in [6.45, 7) is 2.53. The normalized spacial score (nSPS) is 9.94. The van der Waals surface area contributed by atoms with Crippen LogP contribution >= 0.6 is 0 Å². The zero-order valence-corrected chi connectivity index (χ0v) is 9.38. The van der Waals surface area contributed by atoms with E-state index >= 15 is 0 Å². The summed E-state index contributed by atoms with van der Waals surface area (Å²) in [5.41, 5.74) is 0. The van der Waals surface area contributed by atoms with Gasteiger partial charge < -0.3 is 15.3 Å². The highest BCUT2D eigenvalue weighted by atomic mass is 16.4. The molecule has 94 valence electrons. The van der Waals surface area contributed by atoms with E-state index in [0.717, 1.165) is 0 Å². The van der Waals surface area contributed by atoms with Gasteiger partial charge in [-0.3, -0.25) is 4.79 Å². The maximum absolute atomic E-state index is 11.6. The second-order valence-electron chi connectivity index (χ2n) is 3.21. The Hall–Kier alpha value is -2.19. The van der Waals surface area contributed by atoms with Crippen LogP contribution in [0.25, 0.3) is 0 Å². The number of aliphatic carboxylic acids is 1. The van der Waals surface area contributed by atoms with Crippen LogP contribution in [-0.2, 0) is 11.3 Å². The summed E-state index contributed by atoms with van der Waals surface area (Å²) in [5.74, 6) is -0.568. The number of carbonyl (C=O) groups excluding carboxylic acids is 1. The van der Waals surface area contributed by atoms with Gasteiger partial charge in [0.05, 0.1) is 13.0 Å². The van der Waals surface area contributed by atoms with Crippen molar-refractivity contribution in [2.24, 2.45) is 0 Å². The molecular formula is C8H14N6O3.